The van der Waals surface area contributed by atoms with E-state index in [1.807, 2.05) is 0 Å². The van der Waals surface area contributed by atoms with E-state index in [0.29, 0.717) is 5.04 Å². The summed E-state index contributed by atoms with van der Waals surface area (Å²) in [4.78, 5) is 0. The molecule has 0 heterocycles. The van der Waals surface area contributed by atoms with Crippen LogP contribution in [0.5, 0.6) is 0 Å². The van der Waals surface area contributed by atoms with Gasteiger partial charge in [0.1, 0.15) is 5.04 Å². The predicted octanol–water partition coefficient (Wildman–Crippen LogP) is 4.27. The maximum atomic E-state index is 7.48. The van der Waals surface area contributed by atoms with Crippen LogP contribution in [-0.2, 0) is 0 Å². The van der Waals surface area contributed by atoms with Crippen LogP contribution in [0.4, 0.5) is 0 Å². The lowest BCUT2D eigenvalue weighted by molar-refractivity contribution is 0.707. The van der Waals surface area contributed by atoms with E-state index in [-0.39, 0.29) is 0 Å². The van der Waals surface area contributed by atoms with Crippen molar-refractivity contribution in [3.8, 4) is 11.8 Å². The van der Waals surface area contributed by atoms with Gasteiger partial charge < -0.3 is 0 Å². The first kappa shape index (κ1) is 14.5. The second-order valence-corrected chi connectivity index (χ2v) is 5.34. The number of rotatable bonds is 6. The summed E-state index contributed by atoms with van der Waals surface area (Å²) < 4.78 is 0. The molecule has 0 aromatic carbocycles. The zero-order chi connectivity index (χ0) is 11.4. The van der Waals surface area contributed by atoms with E-state index in [1.54, 1.807) is 10.8 Å². The third-order valence-corrected chi connectivity index (χ3v) is 3.78. The zero-order valence-corrected chi connectivity index (χ0v) is 10.8. The van der Waals surface area contributed by atoms with Gasteiger partial charge in [-0.25, -0.2) is 0 Å². The molecule has 1 N–H and O–H groups in total. The monoisotopic (exact) mass is 239 g/mol. The summed E-state index contributed by atoms with van der Waals surface area (Å²) >= 11 is 0. The Labute approximate surface area is 101 Å². The van der Waals surface area contributed by atoms with E-state index in [9.17, 15) is 0 Å². The molecule has 0 unspecified atom stereocenters. The quantitative estimate of drug-likeness (QED) is 0.187. The molecule has 0 saturated heterocycles. The molecule has 1 nitrogen and oxygen atoms in total. The second kappa shape index (κ2) is 11.5. The molecule has 0 radical (unpaired) electrons. The molecular formula is C12H17NS2. The van der Waals surface area contributed by atoms with Gasteiger partial charge >= 0.3 is 0 Å². The van der Waals surface area contributed by atoms with Crippen LogP contribution >= 0.6 is 21.6 Å². The van der Waals surface area contributed by atoms with E-state index in [4.69, 9.17) is 5.41 Å². The Bertz CT molecular complexity index is 280. The molecule has 0 atom stereocenters. The van der Waals surface area contributed by atoms with Gasteiger partial charge in [0.2, 0.25) is 0 Å². The summed E-state index contributed by atoms with van der Waals surface area (Å²) in [6.07, 6.45) is 6.64. The molecule has 0 aliphatic rings. The minimum Gasteiger partial charge on any atom is -0.285 e. The van der Waals surface area contributed by atoms with Crippen LogP contribution in [0.25, 0.3) is 0 Å². The van der Waals surface area contributed by atoms with E-state index < -0.39 is 0 Å². The van der Waals surface area contributed by atoms with Gasteiger partial charge in [-0.05, 0) is 23.1 Å². The molecule has 15 heavy (non-hydrogen) atoms. The third-order valence-electron chi connectivity index (χ3n) is 1.58. The van der Waals surface area contributed by atoms with Crippen molar-refractivity contribution in [1.29, 1.82) is 5.41 Å². The molecule has 0 spiro atoms. The standard InChI is InChI=1S/C12H17NS2/c1-3-5-7-9-11-14-15-12(13)10-8-6-4-2/h6,13H,2-3,5,7,9,11H2,1H3. The second-order valence-electron chi connectivity index (χ2n) is 2.91. The van der Waals surface area contributed by atoms with Crippen molar-refractivity contribution in [1.82, 2.24) is 0 Å². The third kappa shape index (κ3) is 11.4. The van der Waals surface area contributed by atoms with Gasteiger partial charge in [0.15, 0.2) is 0 Å². The van der Waals surface area contributed by atoms with Crippen molar-refractivity contribution in [2.75, 3.05) is 5.75 Å². The van der Waals surface area contributed by atoms with Crippen molar-refractivity contribution in [3.05, 3.63) is 18.4 Å². The number of allylic oxidation sites excluding steroid dienone is 1. The SMILES string of the molecule is C=C=CC#CC(=N)SSCCCCCC. The van der Waals surface area contributed by atoms with Crippen LogP contribution in [-0.4, -0.2) is 10.8 Å². The van der Waals surface area contributed by atoms with E-state index in [2.05, 4.69) is 31.1 Å². The Hall–Kier alpha value is -0.550. The van der Waals surface area contributed by atoms with Gasteiger partial charge in [0.25, 0.3) is 0 Å². The van der Waals surface area contributed by atoms with Crippen LogP contribution in [0.1, 0.15) is 32.6 Å². The lowest BCUT2D eigenvalue weighted by Gasteiger charge is -1.97. The van der Waals surface area contributed by atoms with Crippen molar-refractivity contribution in [2.45, 2.75) is 32.6 Å². The van der Waals surface area contributed by atoms with Crippen LogP contribution in [0.15, 0.2) is 18.4 Å². The van der Waals surface area contributed by atoms with Crippen LogP contribution in [0.3, 0.4) is 0 Å². The largest absolute Gasteiger partial charge is 0.285 e. The van der Waals surface area contributed by atoms with Crippen molar-refractivity contribution >= 4 is 26.6 Å². The summed E-state index contributed by atoms with van der Waals surface area (Å²) in [5.41, 5.74) is 2.55. The summed E-state index contributed by atoms with van der Waals surface area (Å²) in [6, 6.07) is 0. The molecule has 0 fully saturated rings. The maximum absolute atomic E-state index is 7.48. The highest BCUT2D eigenvalue weighted by Gasteiger charge is 1.94. The Morgan fingerprint density at radius 1 is 1.40 bits per heavy atom. The summed E-state index contributed by atoms with van der Waals surface area (Å²) in [7, 11) is 3.15. The fourth-order valence-electron chi connectivity index (χ4n) is 0.862. The van der Waals surface area contributed by atoms with Crippen molar-refractivity contribution < 1.29 is 0 Å². The molecule has 0 amide bonds. The fourth-order valence-corrected chi connectivity index (χ4v) is 2.57. The molecule has 0 bridgehead atoms. The minimum atomic E-state index is 0.405. The van der Waals surface area contributed by atoms with Crippen LogP contribution < -0.4 is 0 Å². The van der Waals surface area contributed by atoms with E-state index in [0.717, 1.165) is 5.75 Å². The topological polar surface area (TPSA) is 23.9 Å². The lowest BCUT2D eigenvalue weighted by Crippen LogP contribution is -1.82. The molecule has 0 aliphatic heterocycles. The molecule has 0 saturated carbocycles. The first-order valence-electron chi connectivity index (χ1n) is 5.05. The molecule has 0 aliphatic carbocycles. The molecule has 3 heteroatoms. The first-order valence-corrected chi connectivity index (χ1v) is 7.37. The normalized spacial score (nSPS) is 8.60. The Morgan fingerprint density at radius 2 is 2.20 bits per heavy atom. The van der Waals surface area contributed by atoms with Gasteiger partial charge in [0, 0.05) is 11.8 Å². The van der Waals surface area contributed by atoms with Gasteiger partial charge in [-0.2, -0.15) is 0 Å². The highest BCUT2D eigenvalue weighted by atomic mass is 33.1. The van der Waals surface area contributed by atoms with Crippen molar-refractivity contribution in [2.24, 2.45) is 0 Å². The molecule has 0 rings (SSSR count). The first-order chi connectivity index (χ1) is 7.31. The number of hydrogen-bond donors (Lipinski definition) is 1. The highest BCUT2D eigenvalue weighted by Crippen LogP contribution is 2.23. The van der Waals surface area contributed by atoms with Gasteiger partial charge in [-0.15, -0.1) is 5.73 Å². The molecule has 0 aromatic heterocycles. The maximum Gasteiger partial charge on any atom is 0.149 e. The van der Waals surface area contributed by atoms with Crippen LogP contribution in [0.2, 0.25) is 0 Å². The minimum absolute atomic E-state index is 0.405. The molecule has 0 aromatic rings. The summed E-state index contributed by atoms with van der Waals surface area (Å²) in [5, 5.41) is 7.89. The van der Waals surface area contributed by atoms with E-state index >= 15 is 0 Å². The zero-order valence-electron chi connectivity index (χ0n) is 9.14. The smallest absolute Gasteiger partial charge is 0.149 e. The average molecular weight is 239 g/mol. The summed E-state index contributed by atoms with van der Waals surface area (Å²) in [6.45, 7) is 5.60. The van der Waals surface area contributed by atoms with Crippen LogP contribution in [0, 0.1) is 17.3 Å². The number of nitrogens with one attached hydrogen (secondary N) is 1. The van der Waals surface area contributed by atoms with Gasteiger partial charge in [0.05, 0.1) is 0 Å². The number of hydrogen-bond acceptors (Lipinski definition) is 3. The number of unbranched alkanes of at least 4 members (excludes halogenated alkanes) is 3. The van der Waals surface area contributed by atoms with Gasteiger partial charge in [-0.3, -0.25) is 5.41 Å². The van der Waals surface area contributed by atoms with E-state index in [1.165, 1.54) is 42.6 Å². The average Bonchev–Trinajstić information content (AvgIpc) is 2.23. The highest BCUT2D eigenvalue weighted by molar-refractivity contribution is 8.82. The summed E-state index contributed by atoms with van der Waals surface area (Å²) in [5.74, 6) is 6.49. The van der Waals surface area contributed by atoms with Gasteiger partial charge in [-0.1, -0.05) is 49.5 Å². The van der Waals surface area contributed by atoms with Crippen molar-refractivity contribution in [3.63, 3.8) is 0 Å². The molecular weight excluding hydrogens is 222 g/mol. The Morgan fingerprint density at radius 3 is 2.87 bits per heavy atom. The predicted molar refractivity (Wildman–Crippen MR) is 73.4 cm³/mol. The Balaban J connectivity index is 3.40. The molecule has 82 valence electrons. The fraction of sp³-hybridized carbons (Fsp3) is 0.500. The lowest BCUT2D eigenvalue weighted by atomic mass is 10.2. The Kier molecular flexibility index (Phi) is 11.1.